The molecule has 6 heteroatoms. The summed E-state index contributed by atoms with van der Waals surface area (Å²) in [6.45, 7) is 5.45. The van der Waals surface area contributed by atoms with Crippen LogP contribution in [0, 0.1) is 6.92 Å². The summed E-state index contributed by atoms with van der Waals surface area (Å²) in [5.41, 5.74) is 2.56. The lowest BCUT2D eigenvalue weighted by Gasteiger charge is -2.14. The van der Waals surface area contributed by atoms with Crippen LogP contribution in [0.3, 0.4) is 0 Å². The first-order valence-electron chi connectivity index (χ1n) is 7.36. The average molecular weight is 325 g/mol. The standard InChI is InChI=1S/C16H27N3O2S/c1-13-5-6-14(15(11-13)22-4)12-19-16(17-2)18-7-8-21-10-9-20-3/h5-6,11H,7-10,12H2,1-4H3,(H2,17,18,19). The van der Waals surface area contributed by atoms with Crippen molar-refractivity contribution >= 4 is 17.7 Å². The number of aliphatic imine (C=N–C) groups is 1. The molecule has 0 aliphatic carbocycles. The largest absolute Gasteiger partial charge is 0.382 e. The third kappa shape index (κ3) is 7.15. The van der Waals surface area contributed by atoms with Gasteiger partial charge in [-0.2, -0.15) is 0 Å². The molecule has 1 aromatic carbocycles. The van der Waals surface area contributed by atoms with E-state index in [2.05, 4.69) is 47.0 Å². The number of benzene rings is 1. The number of ether oxygens (including phenoxy) is 2. The van der Waals surface area contributed by atoms with Gasteiger partial charge in [-0.25, -0.2) is 0 Å². The van der Waals surface area contributed by atoms with Crippen LogP contribution in [0.25, 0.3) is 0 Å². The van der Waals surface area contributed by atoms with Gasteiger partial charge in [-0.05, 0) is 30.4 Å². The summed E-state index contributed by atoms with van der Waals surface area (Å²) in [7, 11) is 3.44. The molecule has 0 fully saturated rings. The summed E-state index contributed by atoms with van der Waals surface area (Å²) in [5.74, 6) is 0.781. The second-order valence-corrected chi connectivity index (χ2v) is 5.62. The molecule has 22 heavy (non-hydrogen) atoms. The van der Waals surface area contributed by atoms with Crippen LogP contribution in [0.15, 0.2) is 28.1 Å². The summed E-state index contributed by atoms with van der Waals surface area (Å²) in [6, 6.07) is 6.51. The minimum absolute atomic E-state index is 0.616. The van der Waals surface area contributed by atoms with Crippen LogP contribution >= 0.6 is 11.8 Å². The minimum Gasteiger partial charge on any atom is -0.382 e. The molecule has 0 aliphatic rings. The fourth-order valence-corrected chi connectivity index (χ4v) is 2.59. The van der Waals surface area contributed by atoms with Crippen LogP contribution in [0.1, 0.15) is 11.1 Å². The molecule has 0 atom stereocenters. The molecular formula is C16H27N3O2S. The van der Waals surface area contributed by atoms with Gasteiger partial charge < -0.3 is 20.1 Å². The van der Waals surface area contributed by atoms with Gasteiger partial charge >= 0.3 is 0 Å². The maximum atomic E-state index is 5.41. The summed E-state index contributed by atoms with van der Waals surface area (Å²) < 4.78 is 10.3. The first-order chi connectivity index (χ1) is 10.7. The van der Waals surface area contributed by atoms with E-state index in [4.69, 9.17) is 9.47 Å². The van der Waals surface area contributed by atoms with Gasteiger partial charge in [0.2, 0.25) is 0 Å². The highest BCUT2D eigenvalue weighted by Gasteiger charge is 2.03. The van der Waals surface area contributed by atoms with E-state index in [0.717, 1.165) is 12.5 Å². The van der Waals surface area contributed by atoms with Gasteiger partial charge in [0.25, 0.3) is 0 Å². The van der Waals surface area contributed by atoms with Crippen LogP contribution in [0.2, 0.25) is 0 Å². The summed E-state index contributed by atoms with van der Waals surface area (Å²) in [5, 5.41) is 6.56. The van der Waals surface area contributed by atoms with Crippen molar-refractivity contribution in [2.75, 3.05) is 46.8 Å². The lowest BCUT2D eigenvalue weighted by Crippen LogP contribution is -2.38. The molecule has 2 N–H and O–H groups in total. The Bertz CT molecular complexity index is 467. The molecule has 0 amide bonds. The normalized spacial score (nSPS) is 11.5. The van der Waals surface area contributed by atoms with Crippen molar-refractivity contribution in [3.05, 3.63) is 29.3 Å². The van der Waals surface area contributed by atoms with E-state index < -0.39 is 0 Å². The van der Waals surface area contributed by atoms with Gasteiger partial charge in [0.05, 0.1) is 19.8 Å². The smallest absolute Gasteiger partial charge is 0.191 e. The Morgan fingerprint density at radius 1 is 1.23 bits per heavy atom. The molecule has 0 heterocycles. The summed E-state index contributed by atoms with van der Waals surface area (Å²) in [6.07, 6.45) is 2.10. The van der Waals surface area contributed by atoms with E-state index in [9.17, 15) is 0 Å². The fourth-order valence-electron chi connectivity index (χ4n) is 1.88. The number of aryl methyl sites for hydroxylation is 1. The van der Waals surface area contributed by atoms with Crippen molar-refractivity contribution in [3.63, 3.8) is 0 Å². The zero-order valence-electron chi connectivity index (χ0n) is 13.9. The Hall–Kier alpha value is -1.24. The predicted molar refractivity (Wildman–Crippen MR) is 93.9 cm³/mol. The SMILES string of the molecule is CN=C(NCCOCCOC)NCc1ccc(C)cc1SC. The topological polar surface area (TPSA) is 54.9 Å². The molecule has 0 radical (unpaired) electrons. The number of thioether (sulfide) groups is 1. The van der Waals surface area contributed by atoms with Gasteiger partial charge in [-0.15, -0.1) is 11.8 Å². The van der Waals surface area contributed by atoms with Crippen molar-refractivity contribution in [2.45, 2.75) is 18.4 Å². The van der Waals surface area contributed by atoms with Crippen LogP contribution in [0.5, 0.6) is 0 Å². The summed E-state index contributed by atoms with van der Waals surface area (Å²) >= 11 is 1.77. The van der Waals surface area contributed by atoms with Crippen molar-refractivity contribution < 1.29 is 9.47 Å². The van der Waals surface area contributed by atoms with Gasteiger partial charge in [-0.3, -0.25) is 4.99 Å². The van der Waals surface area contributed by atoms with E-state index in [1.807, 2.05) is 0 Å². The first kappa shape index (κ1) is 18.8. The van der Waals surface area contributed by atoms with Crippen molar-refractivity contribution in [1.82, 2.24) is 10.6 Å². The van der Waals surface area contributed by atoms with Crippen LogP contribution in [0.4, 0.5) is 0 Å². The third-order valence-corrected chi connectivity index (χ3v) is 3.90. The van der Waals surface area contributed by atoms with E-state index in [1.54, 1.807) is 25.9 Å². The van der Waals surface area contributed by atoms with E-state index in [0.29, 0.717) is 26.4 Å². The highest BCUT2D eigenvalue weighted by molar-refractivity contribution is 7.98. The number of nitrogens with one attached hydrogen (secondary N) is 2. The van der Waals surface area contributed by atoms with E-state index in [-0.39, 0.29) is 0 Å². The Kier molecular flexibility index (Phi) is 9.70. The number of hydrogen-bond donors (Lipinski definition) is 2. The van der Waals surface area contributed by atoms with E-state index >= 15 is 0 Å². The lowest BCUT2D eigenvalue weighted by atomic mass is 10.1. The van der Waals surface area contributed by atoms with Gasteiger partial charge in [0.1, 0.15) is 0 Å². The Labute approximate surface area is 137 Å². The maximum absolute atomic E-state index is 5.41. The molecule has 1 rings (SSSR count). The molecule has 0 bridgehead atoms. The lowest BCUT2D eigenvalue weighted by molar-refractivity contribution is 0.0733. The molecule has 0 aliphatic heterocycles. The minimum atomic E-state index is 0.616. The van der Waals surface area contributed by atoms with Crippen LogP contribution < -0.4 is 10.6 Å². The number of rotatable bonds is 9. The van der Waals surface area contributed by atoms with Crippen LogP contribution in [-0.2, 0) is 16.0 Å². The molecule has 5 nitrogen and oxygen atoms in total. The Balaban J connectivity index is 2.35. The molecule has 0 unspecified atom stereocenters. The molecular weight excluding hydrogens is 298 g/mol. The Morgan fingerprint density at radius 2 is 2.05 bits per heavy atom. The third-order valence-electron chi connectivity index (χ3n) is 3.08. The zero-order chi connectivity index (χ0) is 16.2. The molecule has 0 saturated heterocycles. The highest BCUT2D eigenvalue weighted by Crippen LogP contribution is 2.21. The molecule has 124 valence electrons. The number of methoxy groups -OCH3 is 1. The predicted octanol–water partition coefficient (Wildman–Crippen LogP) is 2.04. The highest BCUT2D eigenvalue weighted by atomic mass is 32.2. The molecule has 0 spiro atoms. The van der Waals surface area contributed by atoms with Crippen LogP contribution in [-0.4, -0.2) is 52.7 Å². The zero-order valence-corrected chi connectivity index (χ0v) is 14.8. The first-order valence-corrected chi connectivity index (χ1v) is 8.58. The summed E-state index contributed by atoms with van der Waals surface area (Å²) in [4.78, 5) is 5.51. The second kappa shape index (κ2) is 11.3. The quantitative estimate of drug-likeness (QED) is 0.315. The Morgan fingerprint density at radius 3 is 2.73 bits per heavy atom. The van der Waals surface area contributed by atoms with Crippen molar-refractivity contribution in [1.29, 1.82) is 0 Å². The maximum Gasteiger partial charge on any atom is 0.191 e. The monoisotopic (exact) mass is 325 g/mol. The van der Waals surface area contributed by atoms with E-state index in [1.165, 1.54) is 16.0 Å². The molecule has 1 aromatic rings. The number of guanidine groups is 1. The second-order valence-electron chi connectivity index (χ2n) is 4.77. The van der Waals surface area contributed by atoms with Crippen molar-refractivity contribution in [2.24, 2.45) is 4.99 Å². The average Bonchev–Trinajstić information content (AvgIpc) is 2.54. The van der Waals surface area contributed by atoms with Gasteiger partial charge in [-0.1, -0.05) is 12.1 Å². The number of hydrogen-bond acceptors (Lipinski definition) is 4. The van der Waals surface area contributed by atoms with Crippen molar-refractivity contribution in [3.8, 4) is 0 Å². The fraction of sp³-hybridized carbons (Fsp3) is 0.562. The molecule has 0 aromatic heterocycles. The van der Waals surface area contributed by atoms with Gasteiger partial charge in [0.15, 0.2) is 5.96 Å². The molecule has 0 saturated carbocycles. The number of nitrogens with zero attached hydrogens (tertiary/aromatic N) is 1. The van der Waals surface area contributed by atoms with Gasteiger partial charge in [0, 0.05) is 32.1 Å².